The highest BCUT2D eigenvalue weighted by Crippen LogP contribution is 2.22. The van der Waals surface area contributed by atoms with Crippen molar-refractivity contribution in [1.29, 1.82) is 0 Å². The van der Waals surface area contributed by atoms with E-state index in [2.05, 4.69) is 19.2 Å². The number of carbonyl (C=O) groups excluding carboxylic acids is 1. The lowest BCUT2D eigenvalue weighted by Gasteiger charge is -2.39. The molecule has 1 aliphatic heterocycles. The zero-order valence-electron chi connectivity index (χ0n) is 12.9. The molecule has 1 heterocycles. The number of halogens is 1. The molecule has 1 aromatic carbocycles. The standard InChI is InChI=1S/C17H25FN2O/c1-3-9-19-16-8-10-20(12-13(16)4-2)17(21)14-6-5-7-15(18)11-14/h5-7,11,13,16,19H,3-4,8-10,12H2,1-2H3. The number of nitrogens with one attached hydrogen (secondary N) is 1. The van der Waals surface area contributed by atoms with E-state index in [4.69, 9.17) is 0 Å². The van der Waals surface area contributed by atoms with E-state index in [-0.39, 0.29) is 11.7 Å². The molecule has 1 N–H and O–H groups in total. The Hall–Kier alpha value is -1.42. The lowest BCUT2D eigenvalue weighted by atomic mass is 9.89. The molecule has 1 fully saturated rings. The second-order valence-electron chi connectivity index (χ2n) is 5.78. The van der Waals surface area contributed by atoms with Gasteiger partial charge in [0, 0.05) is 24.7 Å². The average Bonchev–Trinajstić information content (AvgIpc) is 2.52. The zero-order chi connectivity index (χ0) is 15.2. The highest BCUT2D eigenvalue weighted by Gasteiger charge is 2.30. The van der Waals surface area contributed by atoms with Gasteiger partial charge in [0.15, 0.2) is 0 Å². The summed E-state index contributed by atoms with van der Waals surface area (Å²) in [4.78, 5) is 14.3. The van der Waals surface area contributed by atoms with Gasteiger partial charge in [-0.05, 0) is 43.5 Å². The molecule has 0 spiro atoms. The minimum Gasteiger partial charge on any atom is -0.338 e. The molecule has 1 aromatic rings. The lowest BCUT2D eigenvalue weighted by molar-refractivity contribution is 0.0626. The molecule has 3 nitrogen and oxygen atoms in total. The van der Waals surface area contributed by atoms with Crippen molar-refractivity contribution >= 4 is 5.91 Å². The van der Waals surface area contributed by atoms with Crippen molar-refractivity contribution in [3.05, 3.63) is 35.6 Å². The number of carbonyl (C=O) groups is 1. The fourth-order valence-corrected chi connectivity index (χ4v) is 3.03. The topological polar surface area (TPSA) is 32.3 Å². The quantitative estimate of drug-likeness (QED) is 0.904. The number of likely N-dealkylation sites (tertiary alicyclic amines) is 1. The first kappa shape index (κ1) is 16.0. The molecular weight excluding hydrogens is 267 g/mol. The summed E-state index contributed by atoms with van der Waals surface area (Å²) < 4.78 is 13.3. The van der Waals surface area contributed by atoms with Gasteiger partial charge in [0.2, 0.25) is 0 Å². The van der Waals surface area contributed by atoms with Gasteiger partial charge in [0.25, 0.3) is 5.91 Å². The average molecular weight is 292 g/mol. The maximum atomic E-state index is 13.3. The molecule has 0 aliphatic carbocycles. The van der Waals surface area contributed by atoms with Crippen LogP contribution in [0.25, 0.3) is 0 Å². The number of hydrogen-bond acceptors (Lipinski definition) is 2. The Labute approximate surface area is 126 Å². The Bertz CT molecular complexity index is 478. The molecule has 2 unspecified atom stereocenters. The Morgan fingerprint density at radius 3 is 2.90 bits per heavy atom. The highest BCUT2D eigenvalue weighted by atomic mass is 19.1. The first-order valence-corrected chi connectivity index (χ1v) is 7.94. The van der Waals surface area contributed by atoms with Crippen LogP contribution >= 0.6 is 0 Å². The van der Waals surface area contributed by atoms with Crippen molar-refractivity contribution in [2.45, 2.75) is 39.2 Å². The predicted octanol–water partition coefficient (Wildman–Crippen LogP) is 3.07. The van der Waals surface area contributed by atoms with Gasteiger partial charge in [-0.15, -0.1) is 0 Å². The first-order valence-electron chi connectivity index (χ1n) is 7.94. The second kappa shape index (κ2) is 7.55. The minimum absolute atomic E-state index is 0.0538. The van der Waals surface area contributed by atoms with Crippen LogP contribution in [0.15, 0.2) is 24.3 Å². The predicted molar refractivity (Wildman–Crippen MR) is 82.8 cm³/mol. The lowest BCUT2D eigenvalue weighted by Crippen LogP contribution is -2.51. The van der Waals surface area contributed by atoms with Crippen LogP contribution in [-0.2, 0) is 0 Å². The van der Waals surface area contributed by atoms with Gasteiger partial charge in [0.05, 0.1) is 0 Å². The number of benzene rings is 1. The van der Waals surface area contributed by atoms with Crippen LogP contribution in [0.2, 0.25) is 0 Å². The van der Waals surface area contributed by atoms with Crippen molar-refractivity contribution in [3.63, 3.8) is 0 Å². The monoisotopic (exact) mass is 292 g/mol. The maximum absolute atomic E-state index is 13.3. The van der Waals surface area contributed by atoms with Gasteiger partial charge < -0.3 is 10.2 Å². The summed E-state index contributed by atoms with van der Waals surface area (Å²) >= 11 is 0. The SMILES string of the molecule is CCCNC1CCN(C(=O)c2cccc(F)c2)CC1CC. The van der Waals surface area contributed by atoms with Gasteiger partial charge in [-0.3, -0.25) is 4.79 Å². The van der Waals surface area contributed by atoms with Crippen molar-refractivity contribution in [2.75, 3.05) is 19.6 Å². The van der Waals surface area contributed by atoms with E-state index in [0.29, 0.717) is 17.5 Å². The van der Waals surface area contributed by atoms with Crippen molar-refractivity contribution < 1.29 is 9.18 Å². The van der Waals surface area contributed by atoms with Crippen LogP contribution in [-0.4, -0.2) is 36.5 Å². The molecule has 1 aliphatic rings. The second-order valence-corrected chi connectivity index (χ2v) is 5.78. The number of piperidine rings is 1. The minimum atomic E-state index is -0.354. The van der Waals surface area contributed by atoms with Crippen molar-refractivity contribution in [1.82, 2.24) is 10.2 Å². The van der Waals surface area contributed by atoms with E-state index in [1.807, 2.05) is 4.90 Å². The summed E-state index contributed by atoms with van der Waals surface area (Å²) in [5, 5.41) is 3.58. The molecule has 4 heteroatoms. The molecule has 21 heavy (non-hydrogen) atoms. The van der Waals surface area contributed by atoms with Gasteiger partial charge in [-0.2, -0.15) is 0 Å². The van der Waals surface area contributed by atoms with E-state index in [1.54, 1.807) is 12.1 Å². The molecule has 0 radical (unpaired) electrons. The smallest absolute Gasteiger partial charge is 0.253 e. The molecule has 116 valence electrons. The largest absolute Gasteiger partial charge is 0.338 e. The summed E-state index contributed by atoms with van der Waals surface area (Å²) in [7, 11) is 0. The molecule has 1 saturated heterocycles. The fourth-order valence-electron chi connectivity index (χ4n) is 3.03. The van der Waals surface area contributed by atoms with E-state index >= 15 is 0 Å². The van der Waals surface area contributed by atoms with Gasteiger partial charge in [-0.25, -0.2) is 4.39 Å². The van der Waals surface area contributed by atoms with Crippen molar-refractivity contribution in [2.24, 2.45) is 5.92 Å². The third-order valence-electron chi connectivity index (χ3n) is 4.27. The van der Waals surface area contributed by atoms with Crippen LogP contribution in [0.5, 0.6) is 0 Å². The third-order valence-corrected chi connectivity index (χ3v) is 4.27. The first-order chi connectivity index (χ1) is 10.2. The highest BCUT2D eigenvalue weighted by molar-refractivity contribution is 5.94. The Morgan fingerprint density at radius 1 is 1.43 bits per heavy atom. The van der Waals surface area contributed by atoms with Crippen LogP contribution in [0.1, 0.15) is 43.5 Å². The third kappa shape index (κ3) is 4.03. The van der Waals surface area contributed by atoms with E-state index in [0.717, 1.165) is 38.9 Å². The Kier molecular flexibility index (Phi) is 5.74. The molecular formula is C17H25FN2O. The van der Waals surface area contributed by atoms with E-state index < -0.39 is 0 Å². The van der Waals surface area contributed by atoms with Crippen molar-refractivity contribution in [3.8, 4) is 0 Å². The van der Waals surface area contributed by atoms with Crippen LogP contribution in [0.4, 0.5) is 4.39 Å². The Morgan fingerprint density at radius 2 is 2.24 bits per heavy atom. The van der Waals surface area contributed by atoms with Gasteiger partial charge in [-0.1, -0.05) is 26.3 Å². The Balaban J connectivity index is 2.01. The van der Waals surface area contributed by atoms with Gasteiger partial charge >= 0.3 is 0 Å². The fraction of sp³-hybridized carbons (Fsp3) is 0.588. The summed E-state index contributed by atoms with van der Waals surface area (Å²) in [6.45, 7) is 6.86. The number of amides is 1. The van der Waals surface area contributed by atoms with E-state index in [1.165, 1.54) is 12.1 Å². The number of hydrogen-bond donors (Lipinski definition) is 1. The molecule has 0 aromatic heterocycles. The number of nitrogens with zero attached hydrogens (tertiary/aromatic N) is 1. The molecule has 0 saturated carbocycles. The molecule has 1 amide bonds. The molecule has 0 bridgehead atoms. The van der Waals surface area contributed by atoms with Crippen LogP contribution < -0.4 is 5.32 Å². The zero-order valence-corrected chi connectivity index (χ0v) is 12.9. The number of rotatable bonds is 5. The van der Waals surface area contributed by atoms with Gasteiger partial charge in [0.1, 0.15) is 5.82 Å². The summed E-state index contributed by atoms with van der Waals surface area (Å²) in [6.07, 6.45) is 3.15. The summed E-state index contributed by atoms with van der Waals surface area (Å²) in [5.74, 6) is 0.0668. The molecule has 2 rings (SSSR count). The maximum Gasteiger partial charge on any atom is 0.253 e. The normalized spacial score (nSPS) is 22.3. The summed E-state index contributed by atoms with van der Waals surface area (Å²) in [6, 6.07) is 6.46. The summed E-state index contributed by atoms with van der Waals surface area (Å²) in [5.41, 5.74) is 0.449. The van der Waals surface area contributed by atoms with Crippen LogP contribution in [0, 0.1) is 11.7 Å². The van der Waals surface area contributed by atoms with E-state index in [9.17, 15) is 9.18 Å². The molecule has 2 atom stereocenters. The van der Waals surface area contributed by atoms with Crippen LogP contribution in [0.3, 0.4) is 0 Å².